The number of rotatable bonds is 9. The van der Waals surface area contributed by atoms with Crippen molar-refractivity contribution in [3.63, 3.8) is 0 Å². The molecule has 2 aromatic carbocycles. The minimum absolute atomic E-state index is 0.0991. The lowest BCUT2D eigenvalue weighted by molar-refractivity contribution is -0.128. The van der Waals surface area contributed by atoms with Gasteiger partial charge in [-0.1, -0.05) is 12.1 Å². The largest absolute Gasteiger partial charge is 0.491 e. The quantitative estimate of drug-likeness (QED) is 0.689. The Labute approximate surface area is 160 Å². The molecule has 6 heteroatoms. The van der Waals surface area contributed by atoms with Crippen LogP contribution in [0.3, 0.4) is 0 Å². The Hall–Kier alpha value is -2.86. The Morgan fingerprint density at radius 2 is 1.63 bits per heavy atom. The van der Waals surface area contributed by atoms with Crippen LogP contribution >= 0.6 is 0 Å². The third kappa shape index (κ3) is 6.75. The number of aryl methyl sites for hydroxylation is 1. The molecular formula is C21H26N2O4. The standard InChI is InChI=1S/C21H26N2O4/c1-23(2)20(24)13-6-16-4-9-18(10-5-16)22-21(25)17-7-11-19(12-8-17)27-15-14-26-3/h4-5,7-12H,6,13-15H2,1-3H3,(H,22,25). The topological polar surface area (TPSA) is 67.9 Å². The predicted molar refractivity (Wildman–Crippen MR) is 105 cm³/mol. The summed E-state index contributed by atoms with van der Waals surface area (Å²) in [6, 6.07) is 14.5. The van der Waals surface area contributed by atoms with E-state index in [4.69, 9.17) is 9.47 Å². The molecule has 0 radical (unpaired) electrons. The van der Waals surface area contributed by atoms with Crippen molar-refractivity contribution in [3.05, 3.63) is 59.7 Å². The average Bonchev–Trinajstić information content (AvgIpc) is 2.67. The van der Waals surface area contributed by atoms with Crippen molar-refractivity contribution in [2.24, 2.45) is 0 Å². The molecule has 0 aliphatic rings. The van der Waals surface area contributed by atoms with Crippen molar-refractivity contribution in [3.8, 4) is 5.75 Å². The van der Waals surface area contributed by atoms with Gasteiger partial charge in [0, 0.05) is 38.9 Å². The molecule has 2 amide bonds. The number of methoxy groups -OCH3 is 1. The third-order valence-corrected chi connectivity index (χ3v) is 4.01. The van der Waals surface area contributed by atoms with Crippen molar-refractivity contribution >= 4 is 17.5 Å². The lowest BCUT2D eigenvalue weighted by Gasteiger charge is -2.10. The highest BCUT2D eigenvalue weighted by Crippen LogP contribution is 2.15. The minimum Gasteiger partial charge on any atom is -0.491 e. The van der Waals surface area contributed by atoms with Crippen molar-refractivity contribution < 1.29 is 19.1 Å². The number of hydrogen-bond acceptors (Lipinski definition) is 4. The molecule has 2 aromatic rings. The molecule has 0 fully saturated rings. The molecule has 0 atom stereocenters. The first-order chi connectivity index (χ1) is 13.0. The molecule has 0 heterocycles. The monoisotopic (exact) mass is 370 g/mol. The second-order valence-corrected chi connectivity index (χ2v) is 6.30. The van der Waals surface area contributed by atoms with Crippen molar-refractivity contribution in [1.82, 2.24) is 4.90 Å². The number of carbonyl (C=O) groups is 2. The molecule has 6 nitrogen and oxygen atoms in total. The highest BCUT2D eigenvalue weighted by atomic mass is 16.5. The highest BCUT2D eigenvalue weighted by molar-refractivity contribution is 6.04. The van der Waals surface area contributed by atoms with Crippen LogP contribution in [-0.2, 0) is 16.0 Å². The molecule has 0 unspecified atom stereocenters. The van der Waals surface area contributed by atoms with Crippen LogP contribution < -0.4 is 10.1 Å². The van der Waals surface area contributed by atoms with Crippen LogP contribution in [0.5, 0.6) is 5.75 Å². The number of benzene rings is 2. The maximum absolute atomic E-state index is 12.3. The van der Waals surface area contributed by atoms with E-state index >= 15 is 0 Å². The molecule has 144 valence electrons. The van der Waals surface area contributed by atoms with Gasteiger partial charge < -0.3 is 19.7 Å². The van der Waals surface area contributed by atoms with Crippen LogP contribution in [0.1, 0.15) is 22.3 Å². The molecule has 1 N–H and O–H groups in total. The summed E-state index contributed by atoms with van der Waals surface area (Å²) in [6.07, 6.45) is 1.15. The zero-order valence-electron chi connectivity index (χ0n) is 16.0. The van der Waals surface area contributed by atoms with Crippen LogP contribution in [-0.4, -0.2) is 51.1 Å². The molecule has 0 spiro atoms. The van der Waals surface area contributed by atoms with Crippen molar-refractivity contribution in [1.29, 1.82) is 0 Å². The summed E-state index contributed by atoms with van der Waals surface area (Å²) >= 11 is 0. The third-order valence-electron chi connectivity index (χ3n) is 4.01. The Morgan fingerprint density at radius 3 is 2.22 bits per heavy atom. The summed E-state index contributed by atoms with van der Waals surface area (Å²) in [5, 5.41) is 2.87. The fraction of sp³-hybridized carbons (Fsp3) is 0.333. The maximum Gasteiger partial charge on any atom is 0.255 e. The van der Waals surface area contributed by atoms with Gasteiger partial charge >= 0.3 is 0 Å². The number of amides is 2. The van der Waals surface area contributed by atoms with Gasteiger partial charge in [-0.25, -0.2) is 0 Å². The first-order valence-electron chi connectivity index (χ1n) is 8.82. The number of carbonyl (C=O) groups excluding carboxylic acids is 2. The number of hydrogen-bond donors (Lipinski definition) is 1. The minimum atomic E-state index is -0.186. The van der Waals surface area contributed by atoms with Gasteiger partial charge in [-0.2, -0.15) is 0 Å². The van der Waals surface area contributed by atoms with Crippen LogP contribution in [0.2, 0.25) is 0 Å². The van der Waals surface area contributed by atoms with E-state index in [1.54, 1.807) is 50.4 Å². The fourth-order valence-corrected chi connectivity index (χ4v) is 2.38. The normalized spacial score (nSPS) is 10.3. The first kappa shape index (κ1) is 20.5. The van der Waals surface area contributed by atoms with E-state index in [0.29, 0.717) is 43.1 Å². The molecule has 0 aliphatic heterocycles. The zero-order valence-corrected chi connectivity index (χ0v) is 16.0. The van der Waals surface area contributed by atoms with Crippen LogP contribution in [0.4, 0.5) is 5.69 Å². The number of nitrogens with one attached hydrogen (secondary N) is 1. The van der Waals surface area contributed by atoms with E-state index in [2.05, 4.69) is 5.32 Å². The molecular weight excluding hydrogens is 344 g/mol. The summed E-state index contributed by atoms with van der Waals surface area (Å²) in [5.41, 5.74) is 2.32. The van der Waals surface area contributed by atoms with Crippen LogP contribution in [0.25, 0.3) is 0 Å². The summed E-state index contributed by atoms with van der Waals surface area (Å²) in [7, 11) is 5.12. The van der Waals surface area contributed by atoms with Gasteiger partial charge in [-0.15, -0.1) is 0 Å². The summed E-state index contributed by atoms with van der Waals surface area (Å²) in [5.74, 6) is 0.608. The van der Waals surface area contributed by atoms with Gasteiger partial charge in [-0.05, 0) is 48.4 Å². The average molecular weight is 370 g/mol. The smallest absolute Gasteiger partial charge is 0.255 e. The van der Waals surface area contributed by atoms with Crippen molar-refractivity contribution in [2.45, 2.75) is 12.8 Å². The van der Waals surface area contributed by atoms with E-state index in [1.807, 2.05) is 24.3 Å². The molecule has 0 aromatic heterocycles. The van der Waals surface area contributed by atoms with Gasteiger partial charge in [0.05, 0.1) is 6.61 Å². The Balaban J connectivity index is 1.87. The summed E-state index contributed by atoms with van der Waals surface area (Å²) in [6.45, 7) is 0.982. The number of nitrogens with zero attached hydrogens (tertiary/aromatic N) is 1. The predicted octanol–water partition coefficient (Wildman–Crippen LogP) is 2.98. The summed E-state index contributed by atoms with van der Waals surface area (Å²) < 4.78 is 10.4. The molecule has 0 saturated heterocycles. The number of anilines is 1. The molecule has 0 saturated carbocycles. The molecule has 27 heavy (non-hydrogen) atoms. The van der Waals surface area contributed by atoms with E-state index in [1.165, 1.54) is 0 Å². The zero-order chi connectivity index (χ0) is 19.6. The lowest BCUT2D eigenvalue weighted by Crippen LogP contribution is -2.21. The summed E-state index contributed by atoms with van der Waals surface area (Å²) in [4.78, 5) is 25.6. The molecule has 0 bridgehead atoms. The number of ether oxygens (including phenoxy) is 2. The van der Waals surface area contributed by atoms with Gasteiger partial charge in [-0.3, -0.25) is 9.59 Å². The highest BCUT2D eigenvalue weighted by Gasteiger charge is 2.08. The fourth-order valence-electron chi connectivity index (χ4n) is 2.38. The van der Waals surface area contributed by atoms with Crippen LogP contribution in [0, 0.1) is 0 Å². The van der Waals surface area contributed by atoms with E-state index < -0.39 is 0 Å². The van der Waals surface area contributed by atoms with E-state index in [9.17, 15) is 9.59 Å². The van der Waals surface area contributed by atoms with Crippen LogP contribution in [0.15, 0.2) is 48.5 Å². The van der Waals surface area contributed by atoms with Crippen molar-refractivity contribution in [2.75, 3.05) is 39.7 Å². The SMILES string of the molecule is COCCOc1ccc(C(=O)Nc2ccc(CCC(=O)N(C)C)cc2)cc1. The Bertz CT molecular complexity index is 740. The Kier molecular flexibility index (Phi) is 7.82. The van der Waals surface area contributed by atoms with Gasteiger partial charge in [0.25, 0.3) is 5.91 Å². The van der Waals surface area contributed by atoms with Gasteiger partial charge in [0.15, 0.2) is 0 Å². The lowest BCUT2D eigenvalue weighted by atomic mass is 10.1. The molecule has 0 aliphatic carbocycles. The van der Waals surface area contributed by atoms with Gasteiger partial charge in [0.1, 0.15) is 12.4 Å². The van der Waals surface area contributed by atoms with E-state index in [-0.39, 0.29) is 11.8 Å². The first-order valence-corrected chi connectivity index (χ1v) is 8.82. The molecule has 2 rings (SSSR count). The van der Waals surface area contributed by atoms with Gasteiger partial charge in [0.2, 0.25) is 5.91 Å². The second-order valence-electron chi connectivity index (χ2n) is 6.30. The van der Waals surface area contributed by atoms with E-state index in [0.717, 1.165) is 5.56 Å². The Morgan fingerprint density at radius 1 is 0.963 bits per heavy atom. The second kappa shape index (κ2) is 10.3. The maximum atomic E-state index is 12.3.